The van der Waals surface area contributed by atoms with Crippen molar-refractivity contribution in [3.8, 4) is 6.07 Å². The van der Waals surface area contributed by atoms with Crippen LogP contribution >= 0.6 is 7.75 Å². The third-order valence-electron chi connectivity index (χ3n) is 9.51. The Morgan fingerprint density at radius 1 is 0.950 bits per heavy atom. The number of benzene rings is 1. The molecule has 2 aromatic heterocycles. The zero-order valence-corrected chi connectivity index (χ0v) is 36.0. The van der Waals surface area contributed by atoms with Crippen molar-refractivity contribution in [2.75, 3.05) is 25.7 Å². The highest BCUT2D eigenvalue weighted by Gasteiger charge is 2.63. The van der Waals surface area contributed by atoms with Crippen LogP contribution < -0.4 is 10.8 Å². The monoisotopic (exact) mass is 858 g/mol. The summed E-state index contributed by atoms with van der Waals surface area (Å²) in [6.45, 7) is 11.7. The summed E-state index contributed by atoms with van der Waals surface area (Å²) >= 11 is 0. The van der Waals surface area contributed by atoms with E-state index < -0.39 is 93.1 Å². The van der Waals surface area contributed by atoms with E-state index in [0.717, 1.165) is 19.2 Å². The van der Waals surface area contributed by atoms with Crippen LogP contribution in [0.4, 0.5) is 10.6 Å². The molecule has 1 fully saturated rings. The van der Waals surface area contributed by atoms with Gasteiger partial charge in [0.05, 0.1) is 36.8 Å². The second kappa shape index (κ2) is 21.4. The third-order valence-corrected chi connectivity index (χ3v) is 11.1. The molecular formula is C40H55N6O13P. The molecule has 0 radical (unpaired) electrons. The van der Waals surface area contributed by atoms with E-state index in [1.807, 2.05) is 13.8 Å². The van der Waals surface area contributed by atoms with Gasteiger partial charge in [-0.2, -0.15) is 10.4 Å². The van der Waals surface area contributed by atoms with Gasteiger partial charge in [0.15, 0.2) is 18.0 Å². The molecule has 60 heavy (non-hydrogen) atoms. The van der Waals surface area contributed by atoms with Crippen molar-refractivity contribution >= 4 is 43.1 Å². The van der Waals surface area contributed by atoms with E-state index in [9.17, 15) is 29.0 Å². The molecule has 1 aromatic carbocycles. The average Bonchev–Trinajstić information content (AvgIpc) is 3.77. The molecule has 328 valence electrons. The predicted octanol–water partition coefficient (Wildman–Crippen LogP) is 5.41. The van der Waals surface area contributed by atoms with Gasteiger partial charge in [0.2, 0.25) is 12.4 Å². The lowest BCUT2D eigenvalue weighted by Gasteiger charge is -2.29. The SMILES string of the molecule is CCC(CC)COC(=O)[C@H](Cc1ccccc1)NP(=O)(OCOC(=O)OC(C)C)OC[C@H]1O[C@@](C#N)(c2ccc3c(N)ncnn23)[C@H](OC(=O)C(C)C)[C@@H]1OC(=O)C(C)C. The molecule has 20 heteroatoms. The van der Waals surface area contributed by atoms with Crippen molar-refractivity contribution in [3.05, 3.63) is 60.0 Å². The molecule has 0 saturated carbocycles. The number of rotatable bonds is 21. The number of nitriles is 1. The molecule has 1 unspecified atom stereocenters. The molecule has 3 N–H and O–H groups in total. The van der Waals surface area contributed by atoms with Crippen LogP contribution in [0, 0.1) is 29.1 Å². The maximum absolute atomic E-state index is 14.8. The first kappa shape index (κ1) is 47.6. The normalized spacial score (nSPS) is 20.5. The minimum Gasteiger partial charge on any atom is -0.464 e. The number of nitrogens with zero attached hydrogens (tertiary/aromatic N) is 4. The minimum atomic E-state index is -4.81. The van der Waals surface area contributed by atoms with Crippen LogP contribution in [0.1, 0.15) is 79.5 Å². The van der Waals surface area contributed by atoms with Gasteiger partial charge in [0, 0.05) is 0 Å². The molecule has 0 amide bonds. The Morgan fingerprint density at radius 2 is 1.62 bits per heavy atom. The van der Waals surface area contributed by atoms with Crippen molar-refractivity contribution in [1.82, 2.24) is 19.7 Å². The molecule has 0 spiro atoms. The number of aromatic nitrogens is 3. The van der Waals surface area contributed by atoms with Gasteiger partial charge in [-0.1, -0.05) is 84.7 Å². The fourth-order valence-electron chi connectivity index (χ4n) is 6.04. The van der Waals surface area contributed by atoms with Crippen LogP contribution in [-0.2, 0) is 68.4 Å². The lowest BCUT2D eigenvalue weighted by molar-refractivity contribution is -0.173. The Hall–Kier alpha value is -5.12. The highest BCUT2D eigenvalue weighted by Crippen LogP contribution is 2.48. The van der Waals surface area contributed by atoms with Crippen molar-refractivity contribution in [1.29, 1.82) is 5.26 Å². The second-order valence-corrected chi connectivity index (χ2v) is 16.8. The lowest BCUT2D eigenvalue weighted by Crippen LogP contribution is -2.47. The first-order valence-corrected chi connectivity index (χ1v) is 21.3. The van der Waals surface area contributed by atoms with E-state index in [0.29, 0.717) is 5.56 Å². The molecule has 3 aromatic rings. The van der Waals surface area contributed by atoms with Crippen molar-refractivity contribution in [3.63, 3.8) is 0 Å². The maximum Gasteiger partial charge on any atom is 0.510 e. The highest BCUT2D eigenvalue weighted by atomic mass is 31.2. The van der Waals surface area contributed by atoms with Crippen LogP contribution in [0.2, 0.25) is 0 Å². The summed E-state index contributed by atoms with van der Waals surface area (Å²) < 4.78 is 61.6. The third kappa shape index (κ3) is 12.0. The first-order chi connectivity index (χ1) is 28.5. The number of nitrogen functional groups attached to an aromatic ring is 1. The van der Waals surface area contributed by atoms with E-state index in [1.165, 1.54) is 16.6 Å². The molecule has 0 aliphatic carbocycles. The molecule has 3 heterocycles. The van der Waals surface area contributed by atoms with E-state index in [1.54, 1.807) is 71.9 Å². The van der Waals surface area contributed by atoms with Crippen LogP contribution in [-0.4, -0.2) is 89.1 Å². The fraction of sp³-hybridized carbons (Fsp3) is 0.575. The van der Waals surface area contributed by atoms with Gasteiger partial charge in [0.25, 0.3) is 0 Å². The molecule has 1 saturated heterocycles. The standard InChI is InChI=1S/C40H55N6O13P/c1-9-27(10-2)19-52-38(49)29(18-28-14-12-11-13-15-28)45-60(51,55-23-53-39(50)56-26(7)8)54-20-31-33(57-36(47)24(3)4)34(58-37(48)25(5)6)40(21-41,59-31)32-17-16-30-35(42)43-22-44-46(30)32/h11-17,22,24-27,29,31,33-34H,9-10,18-20,23H2,1-8H3,(H,45,51)(H2,42,43,44)/t29-,31+,33+,34+,40-,60?/m0/s1. The summed E-state index contributed by atoms with van der Waals surface area (Å²) in [5.74, 6) is -3.56. The maximum atomic E-state index is 14.8. The number of anilines is 1. The van der Waals surface area contributed by atoms with Gasteiger partial charge in [0.1, 0.15) is 30.1 Å². The van der Waals surface area contributed by atoms with Crippen LogP contribution in [0.3, 0.4) is 0 Å². The summed E-state index contributed by atoms with van der Waals surface area (Å²) in [5, 5.41) is 17.9. The molecule has 19 nitrogen and oxygen atoms in total. The van der Waals surface area contributed by atoms with Gasteiger partial charge in [-0.3, -0.25) is 23.4 Å². The number of carbonyl (C=O) groups excluding carboxylic acids is 4. The van der Waals surface area contributed by atoms with E-state index in [4.69, 9.17) is 43.2 Å². The first-order valence-electron chi connectivity index (χ1n) is 19.8. The zero-order valence-electron chi connectivity index (χ0n) is 35.1. The molecule has 1 aliphatic heterocycles. The average molecular weight is 859 g/mol. The number of fused-ring (bicyclic) bond motifs is 1. The van der Waals surface area contributed by atoms with Crippen LogP contribution in [0.5, 0.6) is 0 Å². The Bertz CT molecular complexity index is 2020. The Morgan fingerprint density at radius 3 is 2.23 bits per heavy atom. The summed E-state index contributed by atoms with van der Waals surface area (Å²) in [6.07, 6.45) is -3.83. The van der Waals surface area contributed by atoms with Crippen LogP contribution in [0.15, 0.2) is 48.8 Å². The van der Waals surface area contributed by atoms with Gasteiger partial charge in [-0.15, -0.1) is 0 Å². The van der Waals surface area contributed by atoms with E-state index in [2.05, 4.69) is 21.2 Å². The summed E-state index contributed by atoms with van der Waals surface area (Å²) in [7, 11) is -4.81. The number of hydrogen-bond acceptors (Lipinski definition) is 17. The van der Waals surface area contributed by atoms with Crippen molar-refractivity contribution in [2.24, 2.45) is 17.8 Å². The molecule has 6 atom stereocenters. The Balaban J connectivity index is 1.78. The van der Waals surface area contributed by atoms with Crippen LogP contribution in [0.25, 0.3) is 5.52 Å². The van der Waals surface area contributed by atoms with Gasteiger partial charge < -0.3 is 34.2 Å². The zero-order chi connectivity index (χ0) is 44.2. The number of carbonyl (C=O) groups is 4. The summed E-state index contributed by atoms with van der Waals surface area (Å²) in [4.78, 5) is 56.6. The van der Waals surface area contributed by atoms with E-state index in [-0.39, 0.29) is 36.0 Å². The topological polar surface area (TPSA) is 251 Å². The largest absolute Gasteiger partial charge is 0.510 e. The minimum absolute atomic E-state index is 0.0292. The lowest BCUT2D eigenvalue weighted by atomic mass is 9.92. The second-order valence-electron chi connectivity index (χ2n) is 15.0. The van der Waals surface area contributed by atoms with Crippen molar-refractivity contribution < 1.29 is 61.2 Å². The summed E-state index contributed by atoms with van der Waals surface area (Å²) in [6, 6.07) is 12.6. The highest BCUT2D eigenvalue weighted by molar-refractivity contribution is 7.51. The van der Waals surface area contributed by atoms with Gasteiger partial charge in [-0.25, -0.2) is 23.9 Å². The van der Waals surface area contributed by atoms with Gasteiger partial charge >= 0.3 is 31.8 Å². The number of nitrogens with one attached hydrogen (secondary N) is 1. The predicted molar refractivity (Wildman–Crippen MR) is 213 cm³/mol. The van der Waals surface area contributed by atoms with Crippen molar-refractivity contribution in [2.45, 2.75) is 111 Å². The van der Waals surface area contributed by atoms with E-state index >= 15 is 0 Å². The number of esters is 3. The molecule has 4 rings (SSSR count). The Labute approximate surface area is 349 Å². The number of hydrogen-bond donors (Lipinski definition) is 2. The smallest absolute Gasteiger partial charge is 0.464 e. The number of nitrogens with two attached hydrogens (primary N) is 1. The summed E-state index contributed by atoms with van der Waals surface area (Å²) in [5.41, 5.74) is 4.83. The Kier molecular flexibility index (Phi) is 17.0. The number of ether oxygens (including phenoxy) is 6. The molecule has 0 bridgehead atoms. The molecule has 1 aliphatic rings. The molecular weight excluding hydrogens is 803 g/mol. The fourth-order valence-corrected chi connectivity index (χ4v) is 7.37. The van der Waals surface area contributed by atoms with Gasteiger partial charge in [-0.05, 0) is 43.9 Å². The quantitative estimate of drug-likeness (QED) is 0.0588.